The highest BCUT2D eigenvalue weighted by atomic mass is 19.1. The Morgan fingerprint density at radius 2 is 2.28 bits per heavy atom. The Labute approximate surface area is 149 Å². The van der Waals surface area contributed by atoms with E-state index in [1.54, 1.807) is 12.1 Å². The van der Waals surface area contributed by atoms with Gasteiger partial charge in [-0.3, -0.25) is 0 Å². The molecule has 25 heavy (non-hydrogen) atoms. The number of hydrogen-bond acceptors (Lipinski definition) is 3. The molecule has 0 fully saturated rings. The van der Waals surface area contributed by atoms with Gasteiger partial charge in [-0.15, -0.1) is 0 Å². The molecule has 0 radical (unpaired) electrons. The van der Waals surface area contributed by atoms with Gasteiger partial charge in [0.25, 0.3) is 0 Å². The molecule has 5 nitrogen and oxygen atoms in total. The Kier molecular flexibility index (Phi) is 8.25. The lowest BCUT2D eigenvalue weighted by Crippen LogP contribution is -2.38. The van der Waals surface area contributed by atoms with Crippen molar-refractivity contribution in [2.75, 3.05) is 32.8 Å². The zero-order valence-electron chi connectivity index (χ0n) is 15.1. The normalized spacial score (nSPS) is 16.1. The van der Waals surface area contributed by atoms with E-state index in [0.717, 1.165) is 45.1 Å². The average Bonchev–Trinajstić information content (AvgIpc) is 2.60. The molecular formula is C19H28FN3O2. The zero-order chi connectivity index (χ0) is 17.9. The van der Waals surface area contributed by atoms with Crippen molar-refractivity contribution < 1.29 is 13.9 Å². The summed E-state index contributed by atoms with van der Waals surface area (Å²) in [5.41, 5.74) is 1.43. The lowest BCUT2D eigenvalue weighted by Gasteiger charge is -2.17. The molecule has 0 aromatic heterocycles. The first-order valence-electron chi connectivity index (χ1n) is 8.87. The van der Waals surface area contributed by atoms with Gasteiger partial charge in [-0.1, -0.05) is 17.7 Å². The van der Waals surface area contributed by atoms with Gasteiger partial charge in [-0.2, -0.15) is 0 Å². The molecule has 1 aromatic carbocycles. The van der Waals surface area contributed by atoms with Gasteiger partial charge in [-0.05, 0) is 38.8 Å². The first-order valence-corrected chi connectivity index (χ1v) is 8.87. The van der Waals surface area contributed by atoms with Crippen molar-refractivity contribution in [1.82, 2.24) is 10.6 Å². The van der Waals surface area contributed by atoms with E-state index in [9.17, 15) is 4.39 Å². The molecule has 1 aliphatic heterocycles. The van der Waals surface area contributed by atoms with Crippen molar-refractivity contribution in [3.63, 3.8) is 0 Å². The van der Waals surface area contributed by atoms with Crippen molar-refractivity contribution in [1.29, 1.82) is 0 Å². The topological polar surface area (TPSA) is 54.9 Å². The van der Waals surface area contributed by atoms with Crippen molar-refractivity contribution in [2.45, 2.75) is 32.8 Å². The quantitative estimate of drug-likeness (QED) is 0.430. The van der Waals surface area contributed by atoms with Gasteiger partial charge in [0.15, 0.2) is 5.96 Å². The van der Waals surface area contributed by atoms with E-state index < -0.39 is 0 Å². The third-order valence-corrected chi connectivity index (χ3v) is 3.78. The van der Waals surface area contributed by atoms with E-state index in [-0.39, 0.29) is 11.9 Å². The molecule has 1 aromatic rings. The average molecular weight is 349 g/mol. The second-order valence-electron chi connectivity index (χ2n) is 5.97. The highest BCUT2D eigenvalue weighted by Gasteiger charge is 2.07. The van der Waals surface area contributed by atoms with E-state index >= 15 is 0 Å². The minimum atomic E-state index is -0.300. The molecule has 1 atom stereocenters. The minimum absolute atomic E-state index is 0.143. The summed E-state index contributed by atoms with van der Waals surface area (Å²) in [5.74, 6) is 0.989. The predicted octanol–water partition coefficient (Wildman–Crippen LogP) is 2.88. The highest BCUT2D eigenvalue weighted by molar-refractivity contribution is 5.79. The molecule has 1 heterocycles. The molecule has 6 heteroatoms. The van der Waals surface area contributed by atoms with Crippen LogP contribution in [-0.2, 0) is 4.74 Å². The number of nitrogens with one attached hydrogen (secondary N) is 2. The van der Waals surface area contributed by atoms with E-state index in [0.29, 0.717) is 12.3 Å². The predicted molar refractivity (Wildman–Crippen MR) is 98.6 cm³/mol. The van der Waals surface area contributed by atoms with Crippen LogP contribution in [0.25, 0.3) is 0 Å². The van der Waals surface area contributed by atoms with Crippen LogP contribution >= 0.6 is 0 Å². The number of halogens is 1. The summed E-state index contributed by atoms with van der Waals surface area (Å²) < 4.78 is 24.2. The fraction of sp³-hybridized carbons (Fsp3) is 0.526. The van der Waals surface area contributed by atoms with Crippen LogP contribution in [0.3, 0.4) is 0 Å². The van der Waals surface area contributed by atoms with Crippen LogP contribution in [-0.4, -0.2) is 44.9 Å². The van der Waals surface area contributed by atoms with Crippen LogP contribution in [0.15, 0.2) is 40.9 Å². The molecule has 0 aliphatic carbocycles. The number of hydrogen-bond donors (Lipinski definition) is 2. The Balaban J connectivity index is 1.78. The lowest BCUT2D eigenvalue weighted by atomic mass is 10.1. The minimum Gasteiger partial charge on any atom is -0.489 e. The summed E-state index contributed by atoms with van der Waals surface area (Å²) in [4.78, 5) is 4.55. The van der Waals surface area contributed by atoms with Crippen molar-refractivity contribution in [3.8, 4) is 5.75 Å². The van der Waals surface area contributed by atoms with Crippen LogP contribution in [0.2, 0.25) is 0 Å². The Bertz CT molecular complexity index is 590. The van der Waals surface area contributed by atoms with Gasteiger partial charge in [0.1, 0.15) is 17.7 Å². The molecule has 1 unspecified atom stereocenters. The number of aliphatic imine (C=N–C) groups is 1. The van der Waals surface area contributed by atoms with Gasteiger partial charge in [0.2, 0.25) is 0 Å². The molecule has 0 spiro atoms. The highest BCUT2D eigenvalue weighted by Crippen LogP contribution is 2.14. The molecular weight excluding hydrogens is 321 g/mol. The van der Waals surface area contributed by atoms with E-state index in [1.807, 2.05) is 13.8 Å². The summed E-state index contributed by atoms with van der Waals surface area (Å²) in [6.45, 7) is 7.60. The standard InChI is InChI=1S/C19H28FN3O2/c1-3-21-19(22-10-7-16-8-11-24-12-9-16)23-14-15(2)25-18-6-4-5-17(20)13-18/h4-6,8,13,15H,3,7,9-12,14H2,1-2H3,(H2,21,22,23). The smallest absolute Gasteiger partial charge is 0.191 e. The Morgan fingerprint density at radius 1 is 1.40 bits per heavy atom. The largest absolute Gasteiger partial charge is 0.489 e. The second-order valence-corrected chi connectivity index (χ2v) is 5.97. The maximum atomic E-state index is 13.2. The van der Waals surface area contributed by atoms with Crippen LogP contribution in [0.4, 0.5) is 4.39 Å². The first kappa shape index (κ1) is 19.2. The third-order valence-electron chi connectivity index (χ3n) is 3.78. The molecule has 138 valence electrons. The van der Waals surface area contributed by atoms with E-state index in [2.05, 4.69) is 21.7 Å². The molecule has 2 rings (SSSR count). The van der Waals surface area contributed by atoms with Crippen LogP contribution in [0.5, 0.6) is 5.75 Å². The lowest BCUT2D eigenvalue weighted by molar-refractivity contribution is 0.153. The Morgan fingerprint density at radius 3 is 3.00 bits per heavy atom. The number of benzene rings is 1. The van der Waals surface area contributed by atoms with E-state index in [1.165, 1.54) is 17.7 Å². The van der Waals surface area contributed by atoms with Gasteiger partial charge >= 0.3 is 0 Å². The summed E-state index contributed by atoms with van der Waals surface area (Å²) in [7, 11) is 0. The zero-order valence-corrected chi connectivity index (χ0v) is 15.1. The number of guanidine groups is 1. The Hall–Kier alpha value is -2.08. The van der Waals surface area contributed by atoms with Crippen LogP contribution in [0.1, 0.15) is 26.7 Å². The van der Waals surface area contributed by atoms with Crippen LogP contribution < -0.4 is 15.4 Å². The fourth-order valence-electron chi connectivity index (χ4n) is 2.51. The second kappa shape index (κ2) is 10.7. The molecule has 0 bridgehead atoms. The van der Waals surface area contributed by atoms with Gasteiger partial charge in [0, 0.05) is 19.2 Å². The van der Waals surface area contributed by atoms with Crippen molar-refractivity contribution >= 4 is 5.96 Å². The maximum absolute atomic E-state index is 13.2. The first-order chi connectivity index (χ1) is 12.2. The van der Waals surface area contributed by atoms with Gasteiger partial charge in [-0.25, -0.2) is 9.38 Å². The van der Waals surface area contributed by atoms with Gasteiger partial charge < -0.3 is 20.1 Å². The summed E-state index contributed by atoms with van der Waals surface area (Å²) in [5, 5.41) is 6.57. The van der Waals surface area contributed by atoms with Crippen LogP contribution in [0, 0.1) is 5.82 Å². The fourth-order valence-corrected chi connectivity index (χ4v) is 2.51. The summed E-state index contributed by atoms with van der Waals surface area (Å²) in [6, 6.07) is 6.16. The van der Waals surface area contributed by atoms with Gasteiger partial charge in [0.05, 0.1) is 19.8 Å². The monoisotopic (exact) mass is 349 g/mol. The number of nitrogens with zero attached hydrogens (tertiary/aromatic N) is 1. The molecule has 2 N–H and O–H groups in total. The number of ether oxygens (including phenoxy) is 2. The molecule has 0 saturated heterocycles. The van der Waals surface area contributed by atoms with Crippen molar-refractivity contribution in [3.05, 3.63) is 41.7 Å². The SMILES string of the molecule is CCNC(=NCC(C)Oc1cccc(F)c1)NCCC1=CCOCC1. The van der Waals surface area contributed by atoms with Crippen molar-refractivity contribution in [2.24, 2.45) is 4.99 Å². The number of rotatable bonds is 8. The molecule has 0 amide bonds. The molecule has 0 saturated carbocycles. The van der Waals surface area contributed by atoms with E-state index in [4.69, 9.17) is 9.47 Å². The maximum Gasteiger partial charge on any atom is 0.191 e. The molecule has 1 aliphatic rings. The third kappa shape index (κ3) is 7.56. The summed E-state index contributed by atoms with van der Waals surface area (Å²) in [6.07, 6.45) is 4.01. The summed E-state index contributed by atoms with van der Waals surface area (Å²) >= 11 is 0.